The summed E-state index contributed by atoms with van der Waals surface area (Å²) < 4.78 is 5.95. The smallest absolute Gasteiger partial charge is 0.252 e. The number of rotatable bonds is 7. The van der Waals surface area contributed by atoms with E-state index in [9.17, 15) is 4.79 Å². The number of carbonyl (C=O) groups excluding carboxylic acids is 1. The molecular weight excluding hydrogens is 392 g/mol. The zero-order valence-corrected chi connectivity index (χ0v) is 18.7. The lowest BCUT2D eigenvalue weighted by molar-refractivity contribution is 0.0880. The van der Waals surface area contributed by atoms with E-state index in [2.05, 4.69) is 27.1 Å². The third kappa shape index (κ3) is 5.73. The Morgan fingerprint density at radius 2 is 1.97 bits per heavy atom. The van der Waals surface area contributed by atoms with Gasteiger partial charge in [-0.2, -0.15) is 0 Å². The van der Waals surface area contributed by atoms with Crippen molar-refractivity contribution in [2.24, 2.45) is 0 Å². The number of ether oxygens (including phenoxy) is 1. The number of nitrogen functional groups attached to an aromatic ring is 1. The van der Waals surface area contributed by atoms with Crippen molar-refractivity contribution in [3.63, 3.8) is 0 Å². The molecule has 0 aliphatic carbocycles. The number of likely N-dealkylation sites (N-methyl/N-ethyl adjacent to an activating group) is 1. The van der Waals surface area contributed by atoms with Crippen LogP contribution in [0.15, 0.2) is 36.5 Å². The van der Waals surface area contributed by atoms with Gasteiger partial charge < -0.3 is 31.0 Å². The molecule has 1 aromatic heterocycles. The third-order valence-electron chi connectivity index (χ3n) is 5.31. The number of piperazine rings is 1. The SMILES string of the molecule is CC(=N)c1c(N)cccc1OCC(C)(C)NC(=O)c1ccnc(N2CCN(C)CC2)c1. The van der Waals surface area contributed by atoms with Gasteiger partial charge in [0, 0.05) is 49.3 Å². The lowest BCUT2D eigenvalue weighted by Gasteiger charge is -2.33. The second kappa shape index (κ2) is 9.34. The Bertz CT molecular complexity index is 951. The van der Waals surface area contributed by atoms with Gasteiger partial charge in [-0.25, -0.2) is 4.98 Å². The maximum absolute atomic E-state index is 12.9. The number of anilines is 2. The third-order valence-corrected chi connectivity index (χ3v) is 5.31. The van der Waals surface area contributed by atoms with Gasteiger partial charge in [-0.05, 0) is 52.1 Å². The maximum Gasteiger partial charge on any atom is 0.252 e. The molecule has 1 aliphatic heterocycles. The number of nitrogens with two attached hydrogens (primary N) is 1. The summed E-state index contributed by atoms with van der Waals surface area (Å²) in [7, 11) is 2.11. The number of hydrogen-bond donors (Lipinski definition) is 3. The zero-order valence-electron chi connectivity index (χ0n) is 18.7. The van der Waals surface area contributed by atoms with E-state index in [-0.39, 0.29) is 12.5 Å². The van der Waals surface area contributed by atoms with E-state index >= 15 is 0 Å². The van der Waals surface area contributed by atoms with E-state index in [1.54, 1.807) is 37.4 Å². The number of nitrogens with zero attached hydrogens (tertiary/aromatic N) is 3. The second-order valence-corrected chi connectivity index (χ2v) is 8.67. The fourth-order valence-corrected chi connectivity index (χ4v) is 3.51. The second-order valence-electron chi connectivity index (χ2n) is 8.67. The number of amides is 1. The molecule has 2 aromatic rings. The van der Waals surface area contributed by atoms with E-state index in [0.717, 1.165) is 32.0 Å². The average molecular weight is 425 g/mol. The van der Waals surface area contributed by atoms with Gasteiger partial charge in [-0.3, -0.25) is 4.79 Å². The van der Waals surface area contributed by atoms with Crippen LogP contribution in [0.4, 0.5) is 11.5 Å². The van der Waals surface area contributed by atoms with Crippen LogP contribution in [0.1, 0.15) is 36.7 Å². The molecule has 1 fully saturated rings. The van der Waals surface area contributed by atoms with Gasteiger partial charge in [0.05, 0.1) is 11.1 Å². The Morgan fingerprint density at radius 1 is 1.26 bits per heavy atom. The fourth-order valence-electron chi connectivity index (χ4n) is 3.51. The van der Waals surface area contributed by atoms with Crippen LogP contribution in [0, 0.1) is 5.41 Å². The highest BCUT2D eigenvalue weighted by Gasteiger charge is 2.24. The number of hydrogen-bond acceptors (Lipinski definition) is 7. The molecule has 166 valence electrons. The molecule has 0 saturated carbocycles. The molecule has 2 heterocycles. The van der Waals surface area contributed by atoms with Crippen LogP contribution >= 0.6 is 0 Å². The molecule has 0 unspecified atom stereocenters. The minimum absolute atomic E-state index is 0.178. The predicted octanol–water partition coefficient (Wildman–Crippen LogP) is 2.39. The molecule has 1 saturated heterocycles. The van der Waals surface area contributed by atoms with E-state index in [1.807, 2.05) is 19.9 Å². The Balaban J connectivity index is 1.65. The van der Waals surface area contributed by atoms with Crippen LogP contribution < -0.4 is 20.7 Å². The van der Waals surface area contributed by atoms with E-state index in [1.165, 1.54) is 0 Å². The molecule has 0 radical (unpaired) electrons. The predicted molar refractivity (Wildman–Crippen MR) is 124 cm³/mol. The normalized spacial score (nSPS) is 14.9. The minimum Gasteiger partial charge on any atom is -0.490 e. The Kier molecular flexibility index (Phi) is 6.80. The van der Waals surface area contributed by atoms with Crippen molar-refractivity contribution in [2.45, 2.75) is 26.3 Å². The maximum atomic E-state index is 12.9. The number of pyridine rings is 1. The monoisotopic (exact) mass is 424 g/mol. The summed E-state index contributed by atoms with van der Waals surface area (Å²) in [5.74, 6) is 1.18. The molecule has 0 atom stereocenters. The van der Waals surface area contributed by atoms with Crippen LogP contribution in [0.3, 0.4) is 0 Å². The molecule has 8 heteroatoms. The van der Waals surface area contributed by atoms with Crippen molar-refractivity contribution in [1.82, 2.24) is 15.2 Å². The highest BCUT2D eigenvalue weighted by molar-refractivity contribution is 6.03. The highest BCUT2D eigenvalue weighted by Crippen LogP contribution is 2.26. The molecule has 3 rings (SSSR count). The Labute approximate surface area is 183 Å². The summed E-state index contributed by atoms with van der Waals surface area (Å²) in [6.45, 7) is 9.44. The molecule has 1 aromatic carbocycles. The summed E-state index contributed by atoms with van der Waals surface area (Å²) in [5.41, 5.74) is 7.35. The lowest BCUT2D eigenvalue weighted by Crippen LogP contribution is -2.48. The van der Waals surface area contributed by atoms with Crippen molar-refractivity contribution in [2.75, 3.05) is 50.5 Å². The quantitative estimate of drug-likeness (QED) is 0.465. The van der Waals surface area contributed by atoms with E-state index in [0.29, 0.717) is 28.3 Å². The van der Waals surface area contributed by atoms with Crippen molar-refractivity contribution < 1.29 is 9.53 Å². The number of nitrogens with one attached hydrogen (secondary N) is 2. The first kappa shape index (κ1) is 22.6. The van der Waals surface area contributed by atoms with Crippen LogP contribution in [-0.2, 0) is 0 Å². The van der Waals surface area contributed by atoms with Gasteiger partial charge in [0.2, 0.25) is 0 Å². The Morgan fingerprint density at radius 3 is 2.65 bits per heavy atom. The number of carbonyl (C=O) groups is 1. The molecule has 0 bridgehead atoms. The molecule has 8 nitrogen and oxygen atoms in total. The lowest BCUT2D eigenvalue weighted by atomic mass is 10.1. The first-order valence-corrected chi connectivity index (χ1v) is 10.5. The topological polar surface area (TPSA) is 108 Å². The van der Waals surface area contributed by atoms with Gasteiger partial charge in [0.25, 0.3) is 5.91 Å². The average Bonchev–Trinajstić information content (AvgIpc) is 2.72. The summed E-state index contributed by atoms with van der Waals surface area (Å²) in [6.07, 6.45) is 1.68. The largest absolute Gasteiger partial charge is 0.490 e. The minimum atomic E-state index is -0.633. The highest BCUT2D eigenvalue weighted by atomic mass is 16.5. The van der Waals surface area contributed by atoms with Crippen LogP contribution in [0.2, 0.25) is 0 Å². The summed E-state index contributed by atoms with van der Waals surface area (Å²) in [5, 5.41) is 11.0. The van der Waals surface area contributed by atoms with Crippen molar-refractivity contribution >= 4 is 23.1 Å². The van der Waals surface area contributed by atoms with Crippen LogP contribution in [-0.4, -0.2) is 66.9 Å². The van der Waals surface area contributed by atoms with E-state index < -0.39 is 5.54 Å². The van der Waals surface area contributed by atoms with E-state index in [4.69, 9.17) is 15.9 Å². The molecule has 1 amide bonds. The molecular formula is C23H32N6O2. The van der Waals surface area contributed by atoms with Gasteiger partial charge in [-0.1, -0.05) is 6.07 Å². The van der Waals surface area contributed by atoms with Crippen molar-refractivity contribution in [1.29, 1.82) is 5.41 Å². The number of aromatic nitrogens is 1. The van der Waals surface area contributed by atoms with Gasteiger partial charge in [0.15, 0.2) is 0 Å². The molecule has 1 aliphatic rings. The Hall–Kier alpha value is -3.13. The summed E-state index contributed by atoms with van der Waals surface area (Å²) in [4.78, 5) is 21.8. The van der Waals surface area contributed by atoms with Crippen LogP contribution in [0.5, 0.6) is 5.75 Å². The van der Waals surface area contributed by atoms with Gasteiger partial charge in [-0.15, -0.1) is 0 Å². The first-order valence-electron chi connectivity index (χ1n) is 10.5. The number of benzene rings is 1. The van der Waals surface area contributed by atoms with Crippen LogP contribution in [0.25, 0.3) is 0 Å². The molecule has 0 spiro atoms. The standard InChI is InChI=1S/C23H32N6O2/c1-16(24)21-18(25)6-5-7-19(21)31-15-23(2,3)27-22(30)17-8-9-26-20(14-17)29-12-10-28(4)11-13-29/h5-9,14,24H,10-13,15,25H2,1-4H3,(H,27,30). The molecule has 31 heavy (non-hydrogen) atoms. The molecule has 4 N–H and O–H groups in total. The fraction of sp³-hybridized carbons (Fsp3) is 0.435. The zero-order chi connectivity index (χ0) is 22.6. The first-order chi connectivity index (χ1) is 14.7. The van der Waals surface area contributed by atoms with Crippen molar-refractivity contribution in [3.05, 3.63) is 47.7 Å². The van der Waals surface area contributed by atoms with Crippen molar-refractivity contribution in [3.8, 4) is 5.75 Å². The van der Waals surface area contributed by atoms with Gasteiger partial charge >= 0.3 is 0 Å². The summed E-state index contributed by atoms with van der Waals surface area (Å²) >= 11 is 0. The summed E-state index contributed by atoms with van der Waals surface area (Å²) in [6, 6.07) is 8.88. The van der Waals surface area contributed by atoms with Gasteiger partial charge in [0.1, 0.15) is 18.2 Å².